The van der Waals surface area contributed by atoms with Crippen LogP contribution in [0.5, 0.6) is 0 Å². The van der Waals surface area contributed by atoms with E-state index >= 15 is 0 Å². The molecule has 2 bridgehead atoms. The van der Waals surface area contributed by atoms with Gasteiger partial charge in [0.05, 0.1) is 11.7 Å². The first kappa shape index (κ1) is 29.8. The maximum Gasteiger partial charge on any atom is 0.312 e. The Morgan fingerprint density at radius 2 is 1.69 bits per heavy atom. The second-order valence-electron chi connectivity index (χ2n) is 10.1. The molecule has 12 heteroatoms. The van der Waals surface area contributed by atoms with Crippen LogP contribution in [0.3, 0.4) is 0 Å². The third-order valence-corrected chi connectivity index (χ3v) is 7.74. The molecule has 2 saturated heterocycles. The first-order valence-electron chi connectivity index (χ1n) is 12.7. The molecule has 212 valence electrons. The average Bonchev–Trinajstić information content (AvgIpc) is 2.92. The molecule has 3 fully saturated rings. The molecular weight excluding hydrogens is 509 g/mol. The maximum atomic E-state index is 13.5. The molecule has 4 rings (SSSR count). The van der Waals surface area contributed by atoms with Crippen LogP contribution in [-0.2, 0) is 30.5 Å². The highest BCUT2D eigenvalue weighted by Gasteiger charge is 2.54. The summed E-state index contributed by atoms with van der Waals surface area (Å²) in [5.41, 5.74) is -1.03. The van der Waals surface area contributed by atoms with Crippen molar-refractivity contribution in [1.29, 1.82) is 0 Å². The summed E-state index contributed by atoms with van der Waals surface area (Å²) in [6.45, 7) is 0.175. The van der Waals surface area contributed by atoms with Crippen LogP contribution in [0.4, 0.5) is 4.39 Å². The van der Waals surface area contributed by atoms with Crippen LogP contribution in [0.2, 0.25) is 0 Å². The molecule has 0 unspecified atom stereocenters. The first-order valence-corrected chi connectivity index (χ1v) is 12.7. The van der Waals surface area contributed by atoms with Gasteiger partial charge in [-0.2, -0.15) is 0 Å². The van der Waals surface area contributed by atoms with Gasteiger partial charge in [-0.3, -0.25) is 29.1 Å². The highest BCUT2D eigenvalue weighted by molar-refractivity contribution is 6.35. The number of aliphatic hydroxyl groups excluding tert-OH is 1. The number of nitrogens with one attached hydrogen (secondary N) is 1. The van der Waals surface area contributed by atoms with E-state index in [0.717, 1.165) is 6.08 Å². The highest BCUT2D eigenvalue weighted by Crippen LogP contribution is 2.45. The minimum Gasteiger partial charge on any atom is -0.503 e. The Bertz CT molecular complexity index is 1170. The van der Waals surface area contributed by atoms with Gasteiger partial charge in [0.1, 0.15) is 17.2 Å². The van der Waals surface area contributed by atoms with Crippen LogP contribution in [-0.4, -0.2) is 102 Å². The summed E-state index contributed by atoms with van der Waals surface area (Å²) >= 11 is 0. The Hall–Kier alpha value is -3.80. The zero-order valence-electron chi connectivity index (χ0n) is 23.0. The fourth-order valence-corrected chi connectivity index (χ4v) is 5.28. The van der Waals surface area contributed by atoms with Crippen molar-refractivity contribution < 1.29 is 33.4 Å². The second kappa shape index (κ2) is 11.9. The number of fused-ring (bicyclic) bond motifs is 5. The van der Waals surface area contributed by atoms with Crippen molar-refractivity contribution in [1.82, 2.24) is 20.0 Å². The van der Waals surface area contributed by atoms with E-state index < -0.39 is 46.3 Å². The predicted octanol–water partition coefficient (Wildman–Crippen LogP) is 1.39. The number of likely N-dealkylation sites (N-methyl/N-ethyl adjacent to an activating group) is 2. The van der Waals surface area contributed by atoms with Gasteiger partial charge in [-0.15, -0.1) is 0 Å². The van der Waals surface area contributed by atoms with Crippen LogP contribution in [0.1, 0.15) is 37.7 Å². The summed E-state index contributed by atoms with van der Waals surface area (Å²) in [6.07, 6.45) is 3.13. The molecule has 1 saturated carbocycles. The number of rotatable bonds is 6. The van der Waals surface area contributed by atoms with E-state index in [1.54, 1.807) is 7.11 Å². The van der Waals surface area contributed by atoms with Crippen molar-refractivity contribution in [2.75, 3.05) is 41.8 Å². The lowest BCUT2D eigenvalue weighted by atomic mass is 9.69. The molecule has 11 nitrogen and oxygen atoms in total. The molecule has 0 aromatic heterocycles. The molecule has 4 amide bonds. The number of ether oxygens (including phenoxy) is 1. The van der Waals surface area contributed by atoms with Crippen LogP contribution in [0, 0.1) is 5.82 Å². The lowest BCUT2D eigenvalue weighted by Crippen LogP contribution is -2.67. The van der Waals surface area contributed by atoms with E-state index in [-0.39, 0.29) is 18.9 Å². The van der Waals surface area contributed by atoms with Gasteiger partial charge in [-0.05, 0) is 49.8 Å². The van der Waals surface area contributed by atoms with Crippen molar-refractivity contribution in [2.45, 2.75) is 49.8 Å². The third-order valence-electron chi connectivity index (χ3n) is 7.74. The summed E-state index contributed by atoms with van der Waals surface area (Å²) in [6, 6.07) is 5.53. The number of benzene rings is 1. The molecule has 0 spiro atoms. The van der Waals surface area contributed by atoms with Gasteiger partial charge in [0, 0.05) is 48.4 Å². The molecular formula is C27H36FN5O6. The molecule has 3 aliphatic rings. The largest absolute Gasteiger partial charge is 0.503 e. The number of amidine groups is 1. The summed E-state index contributed by atoms with van der Waals surface area (Å²) in [4.78, 5) is 59.8. The summed E-state index contributed by atoms with van der Waals surface area (Å²) in [5, 5.41) is 13.2. The number of hydrogen-bond donors (Lipinski definition) is 2. The van der Waals surface area contributed by atoms with Crippen molar-refractivity contribution >= 4 is 29.5 Å². The average molecular weight is 546 g/mol. The van der Waals surface area contributed by atoms with Gasteiger partial charge in [-0.1, -0.05) is 12.1 Å². The van der Waals surface area contributed by atoms with E-state index in [4.69, 9.17) is 4.74 Å². The minimum absolute atomic E-state index is 0.0642. The summed E-state index contributed by atoms with van der Waals surface area (Å²) in [5.74, 6) is -4.05. The Labute approximate surface area is 227 Å². The van der Waals surface area contributed by atoms with Crippen LogP contribution in [0.15, 0.2) is 41.1 Å². The van der Waals surface area contributed by atoms with Crippen LogP contribution >= 0.6 is 0 Å². The Morgan fingerprint density at radius 1 is 1.08 bits per heavy atom. The number of halogens is 1. The topological polar surface area (TPSA) is 132 Å². The first-order chi connectivity index (χ1) is 18.4. The Balaban J connectivity index is 1.90. The van der Waals surface area contributed by atoms with Crippen molar-refractivity contribution in [3.8, 4) is 0 Å². The van der Waals surface area contributed by atoms with Gasteiger partial charge in [0.15, 0.2) is 5.76 Å². The third kappa shape index (κ3) is 6.11. The molecule has 1 aromatic rings. The number of carbonyl (C=O) groups is 4. The van der Waals surface area contributed by atoms with Crippen molar-refractivity contribution in [2.24, 2.45) is 4.99 Å². The lowest BCUT2D eigenvalue weighted by molar-refractivity contribution is -0.155. The maximum absolute atomic E-state index is 13.5. The zero-order chi connectivity index (χ0) is 29.0. The standard InChI is InChI=1S/C27H36FN5O6/c1-29-25-27(32(4)24(38)23(37)31(2)3)12-10-26(39-5,11-13-27)14-15-33(25)22(36)20(34)16-21(35)30-17-18-6-8-19(28)9-7-18/h6-9,16,34H,10-15,17H2,1-5H3,(H,30,35)/b20-16-,29-25?. The fraction of sp³-hybridized carbons (Fsp3) is 0.519. The van der Waals surface area contributed by atoms with Gasteiger partial charge in [0.25, 0.3) is 5.91 Å². The molecule has 39 heavy (non-hydrogen) atoms. The quantitative estimate of drug-likeness (QED) is 0.316. The summed E-state index contributed by atoms with van der Waals surface area (Å²) < 4.78 is 19.0. The van der Waals surface area contributed by atoms with Gasteiger partial charge in [0.2, 0.25) is 5.91 Å². The number of nitrogens with zero attached hydrogens (tertiary/aromatic N) is 4. The minimum atomic E-state index is -1.11. The van der Waals surface area contributed by atoms with E-state index in [9.17, 15) is 28.7 Å². The smallest absolute Gasteiger partial charge is 0.312 e. The Kier molecular flexibility index (Phi) is 9.10. The number of methoxy groups -OCH3 is 1. The monoisotopic (exact) mass is 545 g/mol. The number of carbonyl (C=O) groups excluding carboxylic acids is 4. The van der Waals surface area contributed by atoms with Gasteiger partial charge >= 0.3 is 11.8 Å². The molecule has 2 heterocycles. The molecule has 0 radical (unpaired) electrons. The SMILES string of the molecule is CN=C1N(C(=O)/C(O)=C/C(=O)NCc2ccc(F)cc2)CCC2(OC)CCC1(N(C)C(=O)C(=O)N(C)C)CC2. The molecule has 2 aliphatic heterocycles. The summed E-state index contributed by atoms with van der Waals surface area (Å²) in [7, 11) is 7.56. The highest BCUT2D eigenvalue weighted by atomic mass is 19.1. The normalized spacial score (nSPS) is 24.1. The van der Waals surface area contributed by atoms with Crippen molar-refractivity contribution in [3.05, 3.63) is 47.5 Å². The van der Waals surface area contributed by atoms with Crippen LogP contribution in [0.25, 0.3) is 0 Å². The number of hydrogen-bond acceptors (Lipinski definition) is 7. The lowest BCUT2D eigenvalue weighted by Gasteiger charge is -2.54. The molecule has 1 aliphatic carbocycles. The molecule has 1 aromatic carbocycles. The molecule has 0 atom stereocenters. The predicted molar refractivity (Wildman–Crippen MR) is 141 cm³/mol. The zero-order valence-corrected chi connectivity index (χ0v) is 23.0. The van der Waals surface area contributed by atoms with Gasteiger partial charge < -0.3 is 25.0 Å². The number of amides is 4. The van der Waals surface area contributed by atoms with E-state index in [1.165, 1.54) is 67.2 Å². The van der Waals surface area contributed by atoms with Crippen LogP contribution < -0.4 is 5.32 Å². The molecule has 2 N–H and O–H groups in total. The Morgan fingerprint density at radius 3 is 2.23 bits per heavy atom. The van der Waals surface area contributed by atoms with Gasteiger partial charge in [-0.25, -0.2) is 4.39 Å². The fourth-order valence-electron chi connectivity index (χ4n) is 5.28. The number of aliphatic hydroxyl groups is 1. The van der Waals surface area contributed by atoms with Crippen molar-refractivity contribution in [3.63, 3.8) is 0 Å². The van der Waals surface area contributed by atoms with E-state index in [0.29, 0.717) is 37.7 Å². The van der Waals surface area contributed by atoms with E-state index in [1.807, 2.05) is 0 Å². The second-order valence-corrected chi connectivity index (χ2v) is 10.1. The van der Waals surface area contributed by atoms with E-state index in [2.05, 4.69) is 10.3 Å². The number of aliphatic imine (C=N–C) groups is 1.